The van der Waals surface area contributed by atoms with E-state index in [1.54, 1.807) is 11.1 Å². The molecule has 0 bridgehead atoms. The van der Waals surface area contributed by atoms with Gasteiger partial charge in [-0.1, -0.05) is 30.3 Å². The first kappa shape index (κ1) is 27.3. The summed E-state index contributed by atoms with van der Waals surface area (Å²) in [5.41, 5.74) is 11.3. The first-order valence-corrected chi connectivity index (χ1v) is 13.8. The number of nitrogens with one attached hydrogen (secondary N) is 3. The molecule has 1 saturated heterocycles. The third kappa shape index (κ3) is 6.12. The number of hydrogen-bond donors (Lipinski definition) is 5. The number of aliphatic hydroxyl groups excluding tert-OH is 1. The van der Waals surface area contributed by atoms with Gasteiger partial charge >= 0.3 is 6.03 Å². The molecule has 2 aromatic carbocycles. The van der Waals surface area contributed by atoms with Gasteiger partial charge in [0, 0.05) is 51.2 Å². The van der Waals surface area contributed by atoms with E-state index >= 15 is 0 Å². The highest BCUT2D eigenvalue weighted by Crippen LogP contribution is 2.29. The SMILES string of the molecule is Cc1cc(N2CCN(C(N)=O)CC2)cc2[nH]c(-c3c(NCCCC(CO)Cc4ccccc4)cc[nH]c3=O)nc12. The molecule has 1 atom stereocenters. The first-order valence-electron chi connectivity index (χ1n) is 13.8. The number of benzene rings is 2. The number of carbonyl (C=O) groups is 1. The molecule has 0 saturated carbocycles. The van der Waals surface area contributed by atoms with Gasteiger partial charge in [0.1, 0.15) is 11.4 Å². The number of aromatic amines is 2. The number of primary amides is 1. The van der Waals surface area contributed by atoms with Crippen LogP contribution in [0.5, 0.6) is 0 Å². The molecular formula is C30H37N7O3. The lowest BCUT2D eigenvalue weighted by atomic mass is 9.95. The van der Waals surface area contributed by atoms with Gasteiger partial charge in [-0.3, -0.25) is 4.79 Å². The fourth-order valence-corrected chi connectivity index (χ4v) is 5.44. The normalized spacial score (nSPS) is 14.4. The molecule has 2 amide bonds. The Hall–Kier alpha value is -4.31. The zero-order valence-corrected chi connectivity index (χ0v) is 22.8. The maximum absolute atomic E-state index is 13.0. The topological polar surface area (TPSA) is 143 Å². The van der Waals surface area contributed by atoms with Crippen molar-refractivity contribution in [1.29, 1.82) is 0 Å². The summed E-state index contributed by atoms with van der Waals surface area (Å²) in [4.78, 5) is 39.3. The van der Waals surface area contributed by atoms with Crippen LogP contribution in [-0.4, -0.2) is 70.3 Å². The Morgan fingerprint density at radius 3 is 2.65 bits per heavy atom. The third-order valence-corrected chi connectivity index (χ3v) is 7.65. The van der Waals surface area contributed by atoms with Crippen LogP contribution in [0.4, 0.5) is 16.2 Å². The molecule has 1 aliphatic heterocycles. The summed E-state index contributed by atoms with van der Waals surface area (Å²) in [6.45, 7) is 5.39. The number of imidazole rings is 1. The fourth-order valence-electron chi connectivity index (χ4n) is 5.44. The maximum Gasteiger partial charge on any atom is 0.314 e. The summed E-state index contributed by atoms with van der Waals surface area (Å²) in [5, 5.41) is 13.3. The van der Waals surface area contributed by atoms with Crippen molar-refractivity contribution in [3.8, 4) is 11.4 Å². The van der Waals surface area contributed by atoms with E-state index in [1.807, 2.05) is 37.3 Å². The largest absolute Gasteiger partial charge is 0.396 e. The molecule has 1 aliphatic rings. The Morgan fingerprint density at radius 2 is 1.93 bits per heavy atom. The second-order valence-electron chi connectivity index (χ2n) is 10.5. The first-order chi connectivity index (χ1) is 19.4. The number of rotatable bonds is 10. The van der Waals surface area contributed by atoms with E-state index < -0.39 is 0 Å². The molecule has 1 unspecified atom stereocenters. The number of aromatic nitrogens is 3. The number of nitrogens with zero attached hydrogens (tertiary/aromatic N) is 3. The highest BCUT2D eigenvalue weighted by atomic mass is 16.3. The third-order valence-electron chi connectivity index (χ3n) is 7.65. The Labute approximate surface area is 233 Å². The standard InChI is InChI=1S/C30H37N7O3/c1-20-16-23(36-12-14-37(15-13-36)30(31)40)18-25-27(20)35-28(34-25)26-24(9-11-33-29(26)39)32-10-5-8-22(19-38)17-21-6-3-2-4-7-21/h2-4,6-7,9,11,16,18,22,38H,5,8,10,12-15,17,19H2,1H3,(H2,31,40)(H,34,35)(H2,32,33,39). The molecule has 0 spiro atoms. The van der Waals surface area contributed by atoms with Crippen molar-refractivity contribution in [2.45, 2.75) is 26.2 Å². The Bertz CT molecular complexity index is 1510. The molecular weight excluding hydrogens is 506 g/mol. The summed E-state index contributed by atoms with van der Waals surface area (Å²) in [7, 11) is 0. The molecule has 210 valence electrons. The number of H-pyrrole nitrogens is 2. The summed E-state index contributed by atoms with van der Waals surface area (Å²) < 4.78 is 0. The van der Waals surface area contributed by atoms with E-state index in [4.69, 9.17) is 10.7 Å². The van der Waals surface area contributed by atoms with Crippen LogP contribution in [0, 0.1) is 12.8 Å². The van der Waals surface area contributed by atoms with E-state index in [-0.39, 0.29) is 24.1 Å². The lowest BCUT2D eigenvalue weighted by Gasteiger charge is -2.35. The van der Waals surface area contributed by atoms with Gasteiger partial charge in [0.2, 0.25) is 0 Å². The Balaban J connectivity index is 1.29. The van der Waals surface area contributed by atoms with Crippen molar-refractivity contribution in [3.05, 3.63) is 76.2 Å². The minimum atomic E-state index is -0.387. The predicted octanol–water partition coefficient (Wildman–Crippen LogP) is 3.47. The second-order valence-corrected chi connectivity index (χ2v) is 10.5. The summed E-state index contributed by atoms with van der Waals surface area (Å²) in [5.74, 6) is 0.699. The molecule has 10 nitrogen and oxygen atoms in total. The van der Waals surface area contributed by atoms with E-state index in [2.05, 4.69) is 38.4 Å². The van der Waals surface area contributed by atoms with Crippen molar-refractivity contribution in [1.82, 2.24) is 19.9 Å². The lowest BCUT2D eigenvalue weighted by Crippen LogP contribution is -2.50. The van der Waals surface area contributed by atoms with Crippen molar-refractivity contribution < 1.29 is 9.90 Å². The number of urea groups is 1. The zero-order valence-electron chi connectivity index (χ0n) is 22.8. The smallest absolute Gasteiger partial charge is 0.314 e. The second kappa shape index (κ2) is 12.3. The minimum Gasteiger partial charge on any atom is -0.396 e. The van der Waals surface area contributed by atoms with Crippen molar-refractivity contribution in [3.63, 3.8) is 0 Å². The van der Waals surface area contributed by atoms with Crippen LogP contribution < -0.4 is 21.5 Å². The van der Waals surface area contributed by atoms with Gasteiger partial charge < -0.3 is 35.9 Å². The number of aryl methyl sites for hydroxylation is 1. The molecule has 2 aromatic heterocycles. The lowest BCUT2D eigenvalue weighted by molar-refractivity contribution is 0.204. The van der Waals surface area contributed by atoms with Gasteiger partial charge in [-0.05, 0) is 61.4 Å². The molecule has 40 heavy (non-hydrogen) atoms. The molecule has 5 rings (SSSR count). The predicted molar refractivity (Wildman–Crippen MR) is 159 cm³/mol. The number of pyridine rings is 1. The van der Waals surface area contributed by atoms with Gasteiger partial charge in [-0.15, -0.1) is 0 Å². The number of piperazine rings is 1. The van der Waals surface area contributed by atoms with E-state index in [0.29, 0.717) is 49.8 Å². The molecule has 3 heterocycles. The monoisotopic (exact) mass is 543 g/mol. The summed E-state index contributed by atoms with van der Waals surface area (Å²) in [6, 6.07) is 15.8. The van der Waals surface area contributed by atoms with E-state index in [1.165, 1.54) is 5.56 Å². The summed E-state index contributed by atoms with van der Waals surface area (Å²) >= 11 is 0. The van der Waals surface area contributed by atoms with Crippen LogP contribution in [0.15, 0.2) is 59.5 Å². The number of nitrogens with two attached hydrogens (primary N) is 1. The van der Waals surface area contributed by atoms with Gasteiger partial charge in [0.05, 0.1) is 16.7 Å². The van der Waals surface area contributed by atoms with Crippen molar-refractivity contribution >= 4 is 28.4 Å². The number of hydrogen-bond acceptors (Lipinski definition) is 6. The van der Waals surface area contributed by atoms with Crippen LogP contribution in [0.1, 0.15) is 24.0 Å². The quantitative estimate of drug-likeness (QED) is 0.194. The Kier molecular flexibility index (Phi) is 8.35. The Morgan fingerprint density at radius 1 is 1.15 bits per heavy atom. The van der Waals surface area contributed by atoms with Crippen LogP contribution >= 0.6 is 0 Å². The summed E-state index contributed by atoms with van der Waals surface area (Å²) in [6.07, 6.45) is 4.21. The molecule has 6 N–H and O–H groups in total. The fraction of sp³-hybridized carbons (Fsp3) is 0.367. The minimum absolute atomic E-state index is 0.145. The van der Waals surface area contributed by atoms with Gasteiger partial charge in [0.25, 0.3) is 5.56 Å². The van der Waals surface area contributed by atoms with Crippen LogP contribution in [0.2, 0.25) is 0 Å². The van der Waals surface area contributed by atoms with Crippen molar-refractivity contribution in [2.75, 3.05) is 49.5 Å². The number of aliphatic hydroxyl groups is 1. The van der Waals surface area contributed by atoms with E-state index in [0.717, 1.165) is 41.5 Å². The average Bonchev–Trinajstić information content (AvgIpc) is 3.39. The van der Waals surface area contributed by atoms with E-state index in [9.17, 15) is 14.7 Å². The number of amides is 2. The van der Waals surface area contributed by atoms with Crippen molar-refractivity contribution in [2.24, 2.45) is 11.7 Å². The van der Waals surface area contributed by atoms with Gasteiger partial charge in [-0.25, -0.2) is 9.78 Å². The number of carbonyl (C=O) groups excluding carboxylic acids is 1. The molecule has 0 aliphatic carbocycles. The average molecular weight is 544 g/mol. The molecule has 10 heteroatoms. The van der Waals surface area contributed by atoms with Gasteiger partial charge in [-0.2, -0.15) is 0 Å². The number of anilines is 2. The molecule has 4 aromatic rings. The van der Waals surface area contributed by atoms with Gasteiger partial charge in [0.15, 0.2) is 0 Å². The maximum atomic E-state index is 13.0. The molecule has 1 fully saturated rings. The highest BCUT2D eigenvalue weighted by molar-refractivity contribution is 5.87. The van der Waals surface area contributed by atoms with Crippen LogP contribution in [0.25, 0.3) is 22.4 Å². The van der Waals surface area contributed by atoms with Crippen LogP contribution in [0.3, 0.4) is 0 Å². The highest BCUT2D eigenvalue weighted by Gasteiger charge is 2.21. The zero-order chi connectivity index (χ0) is 28.1. The number of fused-ring (bicyclic) bond motifs is 1. The van der Waals surface area contributed by atoms with Crippen LogP contribution in [-0.2, 0) is 6.42 Å². The molecule has 0 radical (unpaired) electrons.